The molecule has 0 aromatic heterocycles. The van der Waals surface area contributed by atoms with Crippen molar-refractivity contribution >= 4 is 47.2 Å². The van der Waals surface area contributed by atoms with Crippen LogP contribution >= 0.6 is 0 Å². The average Bonchev–Trinajstić information content (AvgIpc) is 3.69. The maximum atomic E-state index is 13.1. The van der Waals surface area contributed by atoms with E-state index in [2.05, 4.69) is 70.3 Å². The lowest BCUT2D eigenvalue weighted by atomic mass is 10.1. The van der Waals surface area contributed by atoms with Gasteiger partial charge in [0.15, 0.2) is 11.6 Å². The number of anilines is 2. The predicted octanol–water partition coefficient (Wildman–Crippen LogP) is 8.87. The van der Waals surface area contributed by atoms with Gasteiger partial charge >= 0.3 is 0 Å². The standard InChI is InChI=1S/C47H51N3O4/c1-48(2)42-18-6-34(7-19-42)30-38-14-16-40(46(38)51)32-36-10-22-44(23-11-36)53-28-26-50(5)27-29-54-45-24-12-37(13-25-45)33-41-17-15-39(47(41)52)31-35-8-20-43(21-9-35)49(3)4/h6-13,18-25,30-33H,14-17,26-29H2,1-5H3/b38-30-,39-31-,40-32-,41-33-. The van der Waals surface area contributed by atoms with Crippen molar-refractivity contribution in [3.63, 3.8) is 0 Å². The summed E-state index contributed by atoms with van der Waals surface area (Å²) in [5.41, 5.74) is 9.80. The minimum absolute atomic E-state index is 0.135. The number of carbonyl (C=O) groups is 2. The van der Waals surface area contributed by atoms with Crippen molar-refractivity contribution in [2.75, 3.05) is 71.3 Å². The molecule has 2 saturated carbocycles. The molecule has 0 radical (unpaired) electrons. The van der Waals surface area contributed by atoms with Gasteiger partial charge in [-0.05, 0) is 128 Å². The molecular formula is C47H51N3O4. The summed E-state index contributed by atoms with van der Waals surface area (Å²) in [6, 6.07) is 32.4. The van der Waals surface area contributed by atoms with Gasteiger partial charge in [0.25, 0.3) is 0 Å². The second kappa shape index (κ2) is 17.9. The van der Waals surface area contributed by atoms with Crippen LogP contribution in [0.5, 0.6) is 11.5 Å². The van der Waals surface area contributed by atoms with Crippen molar-refractivity contribution in [2.45, 2.75) is 25.7 Å². The number of hydrogen-bond donors (Lipinski definition) is 0. The molecule has 0 aliphatic heterocycles. The minimum atomic E-state index is 0.135. The van der Waals surface area contributed by atoms with Gasteiger partial charge in [-0.1, -0.05) is 48.5 Å². The highest BCUT2D eigenvalue weighted by molar-refractivity contribution is 6.16. The molecule has 0 N–H and O–H groups in total. The Hall–Kier alpha value is -5.66. The highest BCUT2D eigenvalue weighted by atomic mass is 16.5. The molecule has 0 heterocycles. The van der Waals surface area contributed by atoms with Gasteiger partial charge in [0, 0.05) is 74.9 Å². The number of likely N-dealkylation sites (N-methyl/N-ethyl adjacent to an activating group) is 1. The highest BCUT2D eigenvalue weighted by Crippen LogP contribution is 2.31. The number of Topliss-reactive ketones (excluding diaryl/α,β-unsaturated/α-hetero) is 2. The Morgan fingerprint density at radius 3 is 1.00 bits per heavy atom. The third-order valence-corrected chi connectivity index (χ3v) is 9.92. The Kier molecular flexibility index (Phi) is 12.6. The Morgan fingerprint density at radius 1 is 0.444 bits per heavy atom. The maximum absolute atomic E-state index is 13.1. The van der Waals surface area contributed by atoms with Gasteiger partial charge in [-0.25, -0.2) is 0 Å². The number of allylic oxidation sites excluding steroid dienone is 4. The summed E-state index contributed by atoms with van der Waals surface area (Å²) in [7, 11) is 10.1. The first-order valence-electron chi connectivity index (χ1n) is 18.7. The number of ketones is 2. The molecule has 4 aromatic carbocycles. The Labute approximate surface area is 320 Å². The fraction of sp³-hybridized carbons (Fsp3) is 0.277. The largest absolute Gasteiger partial charge is 0.492 e. The zero-order chi connectivity index (χ0) is 38.0. The predicted molar refractivity (Wildman–Crippen MR) is 223 cm³/mol. The molecule has 0 amide bonds. The molecule has 6 rings (SSSR count). The zero-order valence-electron chi connectivity index (χ0n) is 32.2. The molecule has 0 atom stereocenters. The molecule has 2 aliphatic rings. The van der Waals surface area contributed by atoms with Gasteiger partial charge in [-0.2, -0.15) is 0 Å². The van der Waals surface area contributed by atoms with Crippen molar-refractivity contribution in [1.29, 1.82) is 0 Å². The van der Waals surface area contributed by atoms with E-state index >= 15 is 0 Å². The summed E-state index contributed by atoms with van der Waals surface area (Å²) in [6.45, 7) is 2.63. The number of hydrogen-bond acceptors (Lipinski definition) is 7. The molecule has 0 spiro atoms. The van der Waals surface area contributed by atoms with E-state index in [1.807, 2.05) is 101 Å². The number of ether oxygens (including phenoxy) is 2. The van der Waals surface area contributed by atoms with E-state index in [0.29, 0.717) is 13.2 Å². The number of benzene rings is 4. The lowest BCUT2D eigenvalue weighted by Crippen LogP contribution is -2.28. The van der Waals surface area contributed by atoms with E-state index in [9.17, 15) is 9.59 Å². The van der Waals surface area contributed by atoms with Crippen LogP contribution in [0.2, 0.25) is 0 Å². The monoisotopic (exact) mass is 721 g/mol. The molecule has 2 fully saturated rings. The topological polar surface area (TPSA) is 62.3 Å². The Balaban J connectivity index is 0.898. The minimum Gasteiger partial charge on any atom is -0.492 e. The van der Waals surface area contributed by atoms with Crippen LogP contribution in [0.3, 0.4) is 0 Å². The van der Waals surface area contributed by atoms with Gasteiger partial charge in [0.05, 0.1) is 0 Å². The van der Waals surface area contributed by atoms with E-state index in [-0.39, 0.29) is 11.6 Å². The maximum Gasteiger partial charge on any atom is 0.185 e. The van der Waals surface area contributed by atoms with Crippen LogP contribution in [0, 0.1) is 0 Å². The SMILES string of the molecule is CN(CCOc1ccc(/C=C2/CC/C(=C/c3ccc(N(C)C)cc3)C2=O)cc1)CCOc1ccc(/C=C2/CC/C(=C/c3ccc(N(C)C)cc3)C2=O)cc1. The van der Waals surface area contributed by atoms with Gasteiger partial charge < -0.3 is 19.3 Å². The fourth-order valence-electron chi connectivity index (χ4n) is 6.57. The summed E-state index contributed by atoms with van der Waals surface area (Å²) >= 11 is 0. The van der Waals surface area contributed by atoms with Crippen LogP contribution in [0.15, 0.2) is 119 Å². The number of rotatable bonds is 14. The molecule has 278 valence electrons. The Morgan fingerprint density at radius 2 is 0.722 bits per heavy atom. The molecule has 0 bridgehead atoms. The van der Waals surface area contributed by atoms with Crippen LogP contribution in [-0.4, -0.2) is 78.0 Å². The zero-order valence-corrected chi connectivity index (χ0v) is 32.2. The van der Waals surface area contributed by atoms with Gasteiger partial charge in [0.1, 0.15) is 24.7 Å². The molecule has 0 unspecified atom stereocenters. The van der Waals surface area contributed by atoms with Gasteiger partial charge in [0.2, 0.25) is 0 Å². The van der Waals surface area contributed by atoms with Crippen molar-refractivity contribution in [3.05, 3.63) is 142 Å². The van der Waals surface area contributed by atoms with E-state index < -0.39 is 0 Å². The molecule has 54 heavy (non-hydrogen) atoms. The lowest BCUT2D eigenvalue weighted by molar-refractivity contribution is -0.112. The van der Waals surface area contributed by atoms with Crippen LogP contribution in [0.1, 0.15) is 47.9 Å². The first-order chi connectivity index (χ1) is 26.1. The first-order valence-corrected chi connectivity index (χ1v) is 18.7. The first kappa shape index (κ1) is 38.1. The number of nitrogens with zero attached hydrogens (tertiary/aromatic N) is 3. The van der Waals surface area contributed by atoms with Crippen molar-refractivity contribution in [3.8, 4) is 11.5 Å². The van der Waals surface area contributed by atoms with Crippen LogP contribution < -0.4 is 19.3 Å². The quantitative estimate of drug-likeness (QED) is 0.121. The second-order valence-corrected chi connectivity index (χ2v) is 14.4. The fourth-order valence-corrected chi connectivity index (χ4v) is 6.57. The molecule has 0 saturated heterocycles. The smallest absolute Gasteiger partial charge is 0.185 e. The molecule has 7 nitrogen and oxygen atoms in total. The normalized spacial score (nSPS) is 17.4. The lowest BCUT2D eigenvalue weighted by Gasteiger charge is -2.17. The highest BCUT2D eigenvalue weighted by Gasteiger charge is 2.24. The average molecular weight is 722 g/mol. The van der Waals surface area contributed by atoms with Crippen LogP contribution in [0.4, 0.5) is 11.4 Å². The third-order valence-electron chi connectivity index (χ3n) is 9.92. The van der Waals surface area contributed by atoms with E-state index in [4.69, 9.17) is 9.47 Å². The third kappa shape index (κ3) is 10.3. The molecular weight excluding hydrogens is 671 g/mol. The summed E-state index contributed by atoms with van der Waals surface area (Å²) in [5, 5.41) is 0. The van der Waals surface area contributed by atoms with Gasteiger partial charge in [-0.3, -0.25) is 14.5 Å². The van der Waals surface area contributed by atoms with Crippen molar-refractivity contribution < 1.29 is 19.1 Å². The summed E-state index contributed by atoms with van der Waals surface area (Å²) in [5.74, 6) is 1.88. The molecule has 4 aromatic rings. The molecule has 2 aliphatic carbocycles. The summed E-state index contributed by atoms with van der Waals surface area (Å²) in [4.78, 5) is 32.5. The molecule has 7 heteroatoms. The van der Waals surface area contributed by atoms with Crippen molar-refractivity contribution in [2.24, 2.45) is 0 Å². The van der Waals surface area contributed by atoms with Gasteiger partial charge in [-0.15, -0.1) is 0 Å². The number of carbonyl (C=O) groups excluding carboxylic acids is 2. The van der Waals surface area contributed by atoms with E-state index in [1.165, 1.54) is 0 Å². The van der Waals surface area contributed by atoms with E-state index in [1.54, 1.807) is 0 Å². The Bertz CT molecular complexity index is 1890. The van der Waals surface area contributed by atoms with Crippen LogP contribution in [0.25, 0.3) is 24.3 Å². The second-order valence-electron chi connectivity index (χ2n) is 14.4. The van der Waals surface area contributed by atoms with E-state index in [0.717, 1.165) is 106 Å². The summed E-state index contributed by atoms with van der Waals surface area (Å²) < 4.78 is 12.0. The van der Waals surface area contributed by atoms with Crippen LogP contribution in [-0.2, 0) is 9.59 Å². The van der Waals surface area contributed by atoms with Crippen molar-refractivity contribution in [1.82, 2.24) is 4.90 Å². The summed E-state index contributed by atoms with van der Waals surface area (Å²) in [6.07, 6.45) is 11.1.